The highest BCUT2D eigenvalue weighted by atomic mass is 16.1. The molecule has 1 aliphatic heterocycles. The van der Waals surface area contributed by atoms with E-state index in [4.69, 9.17) is 5.73 Å². The maximum atomic E-state index is 11.8. The van der Waals surface area contributed by atoms with E-state index in [-0.39, 0.29) is 0 Å². The van der Waals surface area contributed by atoms with Crippen LogP contribution in [0.4, 0.5) is 0 Å². The first-order valence-corrected chi connectivity index (χ1v) is 6.58. The van der Waals surface area contributed by atoms with E-state index in [1.54, 1.807) is 17.2 Å². The Morgan fingerprint density at radius 1 is 1.25 bits per heavy atom. The summed E-state index contributed by atoms with van der Waals surface area (Å²) in [5.41, 5.74) is 7.95. The molecule has 2 aromatic heterocycles. The van der Waals surface area contributed by atoms with Crippen molar-refractivity contribution < 1.29 is 4.79 Å². The van der Waals surface area contributed by atoms with Crippen LogP contribution in [-0.4, -0.2) is 38.9 Å². The van der Waals surface area contributed by atoms with E-state index in [0.717, 1.165) is 31.6 Å². The first-order chi connectivity index (χ1) is 9.68. The molecule has 0 atom stereocenters. The number of hydrogen-bond donors (Lipinski definition) is 1. The molecular formula is C13H16N6O. The van der Waals surface area contributed by atoms with Gasteiger partial charge >= 0.3 is 0 Å². The molecule has 2 N–H and O–H groups in total. The summed E-state index contributed by atoms with van der Waals surface area (Å²) in [5, 5.41) is 6.67. The third-order valence-corrected chi connectivity index (χ3v) is 3.52. The molecule has 1 aliphatic rings. The number of amides is 1. The summed E-state index contributed by atoms with van der Waals surface area (Å²) < 4.78 is 0. The summed E-state index contributed by atoms with van der Waals surface area (Å²) in [6.07, 6.45) is 6.98. The zero-order chi connectivity index (χ0) is 14.1. The SMILES string of the molecule is Cc1c(C(N)=O)c(-c2cncnc2)nn1N1CCCC1. The van der Waals surface area contributed by atoms with Gasteiger partial charge in [-0.25, -0.2) is 9.97 Å². The molecule has 0 aliphatic carbocycles. The molecule has 3 rings (SSSR count). The van der Waals surface area contributed by atoms with Crippen LogP contribution in [0.2, 0.25) is 0 Å². The van der Waals surface area contributed by atoms with E-state index in [0.29, 0.717) is 16.8 Å². The van der Waals surface area contributed by atoms with Crippen LogP contribution in [0.1, 0.15) is 28.9 Å². The molecule has 0 aromatic carbocycles. The van der Waals surface area contributed by atoms with Gasteiger partial charge in [-0.2, -0.15) is 9.89 Å². The topological polar surface area (TPSA) is 89.9 Å². The molecule has 0 saturated carbocycles. The Labute approximate surface area is 116 Å². The summed E-state index contributed by atoms with van der Waals surface area (Å²) in [5.74, 6) is -0.480. The highest BCUT2D eigenvalue weighted by molar-refractivity contribution is 5.99. The number of aromatic nitrogens is 4. The van der Waals surface area contributed by atoms with Crippen molar-refractivity contribution in [1.82, 2.24) is 19.9 Å². The molecule has 3 heterocycles. The summed E-state index contributed by atoms with van der Waals surface area (Å²) in [6, 6.07) is 0. The van der Waals surface area contributed by atoms with Gasteiger partial charge in [0.1, 0.15) is 12.0 Å². The molecule has 1 amide bonds. The lowest BCUT2D eigenvalue weighted by molar-refractivity contribution is 0.1000. The van der Waals surface area contributed by atoms with Crippen LogP contribution in [0.3, 0.4) is 0 Å². The molecule has 104 valence electrons. The Kier molecular flexibility index (Phi) is 3.09. The largest absolute Gasteiger partial charge is 0.365 e. The predicted octanol–water partition coefficient (Wildman–Crippen LogP) is 0.479. The fraction of sp³-hybridized carbons (Fsp3) is 0.385. The molecule has 20 heavy (non-hydrogen) atoms. The van der Waals surface area contributed by atoms with Crippen molar-refractivity contribution in [2.45, 2.75) is 19.8 Å². The first-order valence-electron chi connectivity index (χ1n) is 6.58. The Balaban J connectivity index is 2.13. The van der Waals surface area contributed by atoms with Gasteiger partial charge in [0, 0.05) is 31.0 Å². The number of carbonyl (C=O) groups is 1. The molecule has 7 nitrogen and oxygen atoms in total. The predicted molar refractivity (Wildman–Crippen MR) is 73.7 cm³/mol. The van der Waals surface area contributed by atoms with Crippen molar-refractivity contribution in [3.8, 4) is 11.3 Å². The summed E-state index contributed by atoms with van der Waals surface area (Å²) in [4.78, 5) is 21.5. The second kappa shape index (κ2) is 4.92. The Hall–Kier alpha value is -2.44. The van der Waals surface area contributed by atoms with E-state index in [1.165, 1.54) is 6.33 Å². The quantitative estimate of drug-likeness (QED) is 0.877. The van der Waals surface area contributed by atoms with Crippen LogP contribution in [0, 0.1) is 6.92 Å². The van der Waals surface area contributed by atoms with E-state index < -0.39 is 5.91 Å². The zero-order valence-electron chi connectivity index (χ0n) is 11.3. The zero-order valence-corrected chi connectivity index (χ0v) is 11.3. The van der Waals surface area contributed by atoms with Crippen molar-refractivity contribution in [2.24, 2.45) is 5.73 Å². The van der Waals surface area contributed by atoms with Crippen molar-refractivity contribution in [1.29, 1.82) is 0 Å². The number of hydrogen-bond acceptors (Lipinski definition) is 5. The second-order valence-corrected chi connectivity index (χ2v) is 4.85. The standard InChI is InChI=1S/C13H16N6O/c1-9-11(13(14)20)12(10-6-15-8-16-7-10)17-19(9)18-4-2-3-5-18/h6-8H,2-5H2,1H3,(H2,14,20). The Bertz CT molecular complexity index is 630. The molecule has 0 bridgehead atoms. The van der Waals surface area contributed by atoms with Gasteiger partial charge in [0.15, 0.2) is 0 Å². The van der Waals surface area contributed by atoms with Crippen LogP contribution in [-0.2, 0) is 0 Å². The summed E-state index contributed by atoms with van der Waals surface area (Å²) >= 11 is 0. The average Bonchev–Trinajstić information content (AvgIpc) is 3.06. The molecular weight excluding hydrogens is 256 g/mol. The van der Waals surface area contributed by atoms with Crippen molar-refractivity contribution in [3.05, 3.63) is 30.0 Å². The number of primary amides is 1. The van der Waals surface area contributed by atoms with E-state index in [9.17, 15) is 4.79 Å². The third kappa shape index (κ3) is 2.01. The Morgan fingerprint density at radius 3 is 2.50 bits per heavy atom. The number of nitrogens with two attached hydrogens (primary N) is 1. The second-order valence-electron chi connectivity index (χ2n) is 4.85. The molecule has 0 spiro atoms. The van der Waals surface area contributed by atoms with Crippen LogP contribution in [0.5, 0.6) is 0 Å². The minimum atomic E-state index is -0.480. The summed E-state index contributed by atoms with van der Waals surface area (Å²) in [7, 11) is 0. The van der Waals surface area contributed by atoms with Crippen LogP contribution in [0.15, 0.2) is 18.7 Å². The number of nitrogens with zero attached hydrogens (tertiary/aromatic N) is 5. The molecule has 1 fully saturated rings. The minimum absolute atomic E-state index is 0.437. The lowest BCUT2D eigenvalue weighted by Crippen LogP contribution is -2.33. The van der Waals surface area contributed by atoms with Gasteiger partial charge in [-0.1, -0.05) is 0 Å². The van der Waals surface area contributed by atoms with Gasteiger partial charge in [-0.15, -0.1) is 0 Å². The van der Waals surface area contributed by atoms with Crippen molar-refractivity contribution >= 4 is 5.91 Å². The molecule has 0 radical (unpaired) electrons. The highest BCUT2D eigenvalue weighted by Crippen LogP contribution is 2.24. The molecule has 1 saturated heterocycles. The summed E-state index contributed by atoms with van der Waals surface area (Å²) in [6.45, 7) is 3.73. The first kappa shape index (κ1) is 12.6. The van der Waals surface area contributed by atoms with E-state index in [1.807, 2.05) is 6.92 Å². The molecule has 0 unspecified atom stereocenters. The van der Waals surface area contributed by atoms with Gasteiger partial charge < -0.3 is 5.73 Å². The van der Waals surface area contributed by atoms with Crippen LogP contribution < -0.4 is 10.7 Å². The molecule has 2 aromatic rings. The minimum Gasteiger partial charge on any atom is -0.365 e. The number of carbonyl (C=O) groups excluding carboxylic acids is 1. The number of rotatable bonds is 3. The normalized spacial score (nSPS) is 14.8. The average molecular weight is 272 g/mol. The van der Waals surface area contributed by atoms with Gasteiger partial charge in [-0.05, 0) is 19.8 Å². The fourth-order valence-electron chi connectivity index (χ4n) is 2.57. The van der Waals surface area contributed by atoms with Gasteiger partial charge in [0.25, 0.3) is 5.91 Å². The maximum Gasteiger partial charge on any atom is 0.252 e. The van der Waals surface area contributed by atoms with Gasteiger partial charge in [-0.3, -0.25) is 9.80 Å². The van der Waals surface area contributed by atoms with E-state index >= 15 is 0 Å². The third-order valence-electron chi connectivity index (χ3n) is 3.52. The van der Waals surface area contributed by atoms with Crippen molar-refractivity contribution in [2.75, 3.05) is 18.1 Å². The smallest absolute Gasteiger partial charge is 0.252 e. The Morgan fingerprint density at radius 2 is 1.90 bits per heavy atom. The van der Waals surface area contributed by atoms with Crippen LogP contribution in [0.25, 0.3) is 11.3 Å². The lowest BCUT2D eigenvalue weighted by Gasteiger charge is -2.19. The monoisotopic (exact) mass is 272 g/mol. The maximum absolute atomic E-state index is 11.8. The lowest BCUT2D eigenvalue weighted by atomic mass is 10.1. The molecule has 7 heteroatoms. The van der Waals surface area contributed by atoms with Gasteiger partial charge in [0.05, 0.1) is 11.3 Å². The van der Waals surface area contributed by atoms with Crippen molar-refractivity contribution in [3.63, 3.8) is 0 Å². The highest BCUT2D eigenvalue weighted by Gasteiger charge is 2.24. The van der Waals surface area contributed by atoms with Crippen LogP contribution >= 0.6 is 0 Å². The van der Waals surface area contributed by atoms with Gasteiger partial charge in [0.2, 0.25) is 0 Å². The van der Waals surface area contributed by atoms with E-state index in [2.05, 4.69) is 20.1 Å². The fourth-order valence-corrected chi connectivity index (χ4v) is 2.57.